The second kappa shape index (κ2) is 4.77. The van der Waals surface area contributed by atoms with E-state index >= 15 is 0 Å². The van der Waals surface area contributed by atoms with Crippen LogP contribution in [0.25, 0.3) is 0 Å². The third-order valence-corrected chi connectivity index (χ3v) is 1.93. The van der Waals surface area contributed by atoms with E-state index in [1.54, 1.807) is 0 Å². The number of aliphatic hydroxyl groups is 2. The SMILES string of the molecule is O=C(O)c1cc(C(O)CCO)c(C(=O)O)o1. The predicted octanol–water partition coefficient (Wildman–Crippen LogP) is 0.0918. The van der Waals surface area contributed by atoms with E-state index in [2.05, 4.69) is 4.42 Å². The summed E-state index contributed by atoms with van der Waals surface area (Å²) in [6, 6.07) is 0.937. The van der Waals surface area contributed by atoms with Gasteiger partial charge in [-0.25, -0.2) is 9.59 Å². The summed E-state index contributed by atoms with van der Waals surface area (Å²) in [6.07, 6.45) is -1.37. The molecule has 88 valence electrons. The summed E-state index contributed by atoms with van der Waals surface area (Å²) in [5.41, 5.74) is -0.154. The summed E-state index contributed by atoms with van der Waals surface area (Å²) >= 11 is 0. The number of furan rings is 1. The van der Waals surface area contributed by atoms with E-state index in [9.17, 15) is 14.7 Å². The van der Waals surface area contributed by atoms with Gasteiger partial charge in [-0.2, -0.15) is 0 Å². The Labute approximate surface area is 89.6 Å². The lowest BCUT2D eigenvalue weighted by Crippen LogP contribution is -2.05. The number of hydrogen-bond donors (Lipinski definition) is 4. The van der Waals surface area contributed by atoms with Gasteiger partial charge >= 0.3 is 11.9 Å². The molecule has 0 aliphatic carbocycles. The Bertz CT molecular complexity index is 406. The van der Waals surface area contributed by atoms with Crippen molar-refractivity contribution in [1.82, 2.24) is 0 Å². The predicted molar refractivity (Wildman–Crippen MR) is 49.3 cm³/mol. The van der Waals surface area contributed by atoms with E-state index in [-0.39, 0.29) is 18.6 Å². The monoisotopic (exact) mass is 230 g/mol. The lowest BCUT2D eigenvalue weighted by atomic mass is 10.1. The van der Waals surface area contributed by atoms with Crippen LogP contribution in [0.4, 0.5) is 0 Å². The van der Waals surface area contributed by atoms with E-state index in [1.165, 1.54) is 0 Å². The van der Waals surface area contributed by atoms with Gasteiger partial charge in [-0.05, 0) is 6.07 Å². The molecule has 1 aromatic heterocycles. The minimum absolute atomic E-state index is 0.0983. The topological polar surface area (TPSA) is 128 Å². The smallest absolute Gasteiger partial charge is 0.372 e. The van der Waals surface area contributed by atoms with Gasteiger partial charge in [0.05, 0.1) is 6.10 Å². The Morgan fingerprint density at radius 3 is 2.38 bits per heavy atom. The van der Waals surface area contributed by atoms with Crippen molar-refractivity contribution in [1.29, 1.82) is 0 Å². The highest BCUT2D eigenvalue weighted by Crippen LogP contribution is 2.24. The summed E-state index contributed by atoms with van der Waals surface area (Å²) in [7, 11) is 0. The fraction of sp³-hybridized carbons (Fsp3) is 0.333. The van der Waals surface area contributed by atoms with Crippen molar-refractivity contribution in [3.63, 3.8) is 0 Å². The Morgan fingerprint density at radius 2 is 1.94 bits per heavy atom. The molecule has 1 rings (SSSR count). The molecule has 0 spiro atoms. The zero-order valence-corrected chi connectivity index (χ0v) is 8.08. The molecule has 0 saturated heterocycles. The molecule has 16 heavy (non-hydrogen) atoms. The number of carboxylic acid groups (broad SMARTS) is 2. The van der Waals surface area contributed by atoms with E-state index in [0.29, 0.717) is 0 Å². The van der Waals surface area contributed by atoms with Crippen LogP contribution >= 0.6 is 0 Å². The normalized spacial score (nSPS) is 12.4. The Kier molecular flexibility index (Phi) is 3.64. The van der Waals surface area contributed by atoms with E-state index < -0.39 is 29.6 Å². The van der Waals surface area contributed by atoms with E-state index in [0.717, 1.165) is 6.07 Å². The summed E-state index contributed by atoms with van der Waals surface area (Å²) in [5, 5.41) is 35.4. The molecule has 1 aromatic rings. The largest absolute Gasteiger partial charge is 0.475 e. The third kappa shape index (κ3) is 2.38. The first-order valence-electron chi connectivity index (χ1n) is 4.36. The second-order valence-electron chi connectivity index (χ2n) is 3.03. The maximum absolute atomic E-state index is 10.7. The van der Waals surface area contributed by atoms with Crippen molar-refractivity contribution in [3.05, 3.63) is 23.2 Å². The number of aliphatic hydroxyl groups excluding tert-OH is 2. The van der Waals surface area contributed by atoms with Crippen molar-refractivity contribution in [3.8, 4) is 0 Å². The lowest BCUT2D eigenvalue weighted by Gasteiger charge is -2.06. The summed E-state index contributed by atoms with van der Waals surface area (Å²) < 4.78 is 4.56. The average Bonchev–Trinajstić information content (AvgIpc) is 2.62. The number of carboxylic acids is 2. The van der Waals surface area contributed by atoms with Gasteiger partial charge in [0.25, 0.3) is 0 Å². The highest BCUT2D eigenvalue weighted by molar-refractivity contribution is 5.90. The first kappa shape index (κ1) is 12.2. The molecule has 1 heterocycles. The molecule has 0 fully saturated rings. The van der Waals surface area contributed by atoms with Crippen LogP contribution < -0.4 is 0 Å². The number of aromatic carboxylic acids is 2. The molecule has 1 unspecified atom stereocenters. The van der Waals surface area contributed by atoms with Crippen molar-refractivity contribution in [2.75, 3.05) is 6.61 Å². The van der Waals surface area contributed by atoms with Crippen molar-refractivity contribution in [2.45, 2.75) is 12.5 Å². The maximum atomic E-state index is 10.7. The minimum atomic E-state index is -1.47. The fourth-order valence-corrected chi connectivity index (χ4v) is 1.20. The van der Waals surface area contributed by atoms with Gasteiger partial charge in [-0.1, -0.05) is 0 Å². The Hall–Kier alpha value is -1.86. The number of carbonyl (C=O) groups is 2. The van der Waals surface area contributed by atoms with E-state index in [4.69, 9.17) is 15.3 Å². The minimum Gasteiger partial charge on any atom is -0.475 e. The molecular formula is C9H10O7. The van der Waals surface area contributed by atoms with Gasteiger partial charge in [-0.15, -0.1) is 0 Å². The number of rotatable bonds is 5. The first-order valence-corrected chi connectivity index (χ1v) is 4.36. The summed E-state index contributed by atoms with van der Waals surface area (Å²) in [4.78, 5) is 21.3. The van der Waals surface area contributed by atoms with Crippen LogP contribution in [-0.4, -0.2) is 39.0 Å². The Balaban J connectivity index is 3.14. The van der Waals surface area contributed by atoms with Crippen molar-refractivity contribution < 1.29 is 34.4 Å². The zero-order valence-electron chi connectivity index (χ0n) is 8.08. The second-order valence-corrected chi connectivity index (χ2v) is 3.03. The van der Waals surface area contributed by atoms with Crippen molar-refractivity contribution >= 4 is 11.9 Å². The first-order chi connectivity index (χ1) is 7.47. The average molecular weight is 230 g/mol. The molecule has 4 N–H and O–H groups in total. The van der Waals surface area contributed by atoms with Crippen LogP contribution in [0, 0.1) is 0 Å². The van der Waals surface area contributed by atoms with Crippen LogP contribution in [0.3, 0.4) is 0 Å². The summed E-state index contributed by atoms with van der Waals surface area (Å²) in [5.74, 6) is -4.09. The van der Waals surface area contributed by atoms with Gasteiger partial charge in [0, 0.05) is 18.6 Å². The standard InChI is InChI=1S/C9H10O7/c10-2-1-5(11)4-3-6(8(12)13)16-7(4)9(14)15/h3,5,10-11H,1-2H2,(H,12,13)(H,14,15). The molecule has 0 saturated carbocycles. The van der Waals surface area contributed by atoms with Gasteiger partial charge in [0.2, 0.25) is 11.5 Å². The lowest BCUT2D eigenvalue weighted by molar-refractivity contribution is 0.0622. The Morgan fingerprint density at radius 1 is 1.31 bits per heavy atom. The molecule has 0 amide bonds. The van der Waals surface area contributed by atoms with Gasteiger partial charge < -0.3 is 24.8 Å². The van der Waals surface area contributed by atoms with Crippen LogP contribution in [0.2, 0.25) is 0 Å². The molecule has 7 heteroatoms. The number of hydrogen-bond acceptors (Lipinski definition) is 5. The van der Waals surface area contributed by atoms with Gasteiger partial charge in [0.1, 0.15) is 0 Å². The molecule has 0 bridgehead atoms. The molecule has 1 atom stereocenters. The molecule has 0 aromatic carbocycles. The fourth-order valence-electron chi connectivity index (χ4n) is 1.20. The summed E-state index contributed by atoms with van der Waals surface area (Å²) in [6.45, 7) is -0.353. The van der Waals surface area contributed by atoms with Crippen LogP contribution in [0.15, 0.2) is 10.5 Å². The molecule has 0 aliphatic rings. The highest BCUT2D eigenvalue weighted by atomic mass is 16.4. The highest BCUT2D eigenvalue weighted by Gasteiger charge is 2.25. The van der Waals surface area contributed by atoms with Crippen LogP contribution in [0.1, 0.15) is 39.2 Å². The zero-order chi connectivity index (χ0) is 12.3. The van der Waals surface area contributed by atoms with E-state index in [1.807, 2.05) is 0 Å². The van der Waals surface area contributed by atoms with Gasteiger partial charge in [0.15, 0.2) is 0 Å². The molecule has 0 radical (unpaired) electrons. The molecule has 0 aliphatic heterocycles. The van der Waals surface area contributed by atoms with Crippen molar-refractivity contribution in [2.24, 2.45) is 0 Å². The molecule has 7 nitrogen and oxygen atoms in total. The quantitative estimate of drug-likeness (QED) is 0.564. The molecular weight excluding hydrogens is 220 g/mol. The maximum Gasteiger partial charge on any atom is 0.372 e. The van der Waals surface area contributed by atoms with Gasteiger partial charge in [-0.3, -0.25) is 0 Å². The van der Waals surface area contributed by atoms with Crippen LogP contribution in [-0.2, 0) is 0 Å². The third-order valence-electron chi connectivity index (χ3n) is 1.93. The van der Waals surface area contributed by atoms with Crippen LogP contribution in [0.5, 0.6) is 0 Å².